The lowest BCUT2D eigenvalue weighted by molar-refractivity contribution is 0.0248. The third kappa shape index (κ3) is 3.11. The van der Waals surface area contributed by atoms with Crippen LogP contribution >= 0.6 is 0 Å². The molecule has 1 heterocycles. The summed E-state index contributed by atoms with van der Waals surface area (Å²) in [6, 6.07) is 0.617. The molecule has 1 fully saturated rings. The van der Waals surface area contributed by atoms with Gasteiger partial charge in [0.2, 0.25) is 0 Å². The van der Waals surface area contributed by atoms with Gasteiger partial charge in [0.05, 0.1) is 12.7 Å². The van der Waals surface area contributed by atoms with Crippen molar-refractivity contribution in [3.63, 3.8) is 0 Å². The molecular weight excluding hydrogens is 150 g/mol. The zero-order valence-corrected chi connectivity index (χ0v) is 8.47. The van der Waals surface area contributed by atoms with Gasteiger partial charge in [0, 0.05) is 6.04 Å². The summed E-state index contributed by atoms with van der Waals surface area (Å²) in [5, 5.41) is 3.43. The van der Waals surface area contributed by atoms with Crippen LogP contribution in [0.1, 0.15) is 33.6 Å². The van der Waals surface area contributed by atoms with Crippen molar-refractivity contribution in [2.24, 2.45) is 5.92 Å². The molecule has 1 unspecified atom stereocenters. The maximum atomic E-state index is 5.72. The summed E-state index contributed by atoms with van der Waals surface area (Å²) in [6.45, 7) is 8.61. The Kier molecular flexibility index (Phi) is 4.02. The summed E-state index contributed by atoms with van der Waals surface area (Å²) in [5.74, 6) is 0.631. The number of hydrogen-bond donors (Lipinski definition) is 1. The van der Waals surface area contributed by atoms with E-state index in [1.807, 2.05) is 0 Å². The first-order chi connectivity index (χ1) is 5.70. The van der Waals surface area contributed by atoms with Crippen molar-refractivity contribution in [1.82, 2.24) is 5.32 Å². The molecule has 0 radical (unpaired) electrons. The van der Waals surface area contributed by atoms with E-state index in [9.17, 15) is 0 Å². The Morgan fingerprint density at radius 1 is 1.42 bits per heavy atom. The molecule has 1 N–H and O–H groups in total. The number of ether oxygens (including phenoxy) is 1. The Bertz CT molecular complexity index is 117. The molecule has 2 atom stereocenters. The second-order valence-corrected chi connectivity index (χ2v) is 4.08. The predicted molar refractivity (Wildman–Crippen MR) is 51.3 cm³/mol. The minimum absolute atomic E-state index is 0.396. The summed E-state index contributed by atoms with van der Waals surface area (Å²) >= 11 is 0. The Balaban J connectivity index is 2.07. The zero-order chi connectivity index (χ0) is 8.97. The molecule has 0 amide bonds. The molecule has 0 bridgehead atoms. The van der Waals surface area contributed by atoms with Gasteiger partial charge in [-0.15, -0.1) is 0 Å². The molecule has 2 nitrogen and oxygen atoms in total. The van der Waals surface area contributed by atoms with Crippen molar-refractivity contribution in [3.05, 3.63) is 0 Å². The maximum absolute atomic E-state index is 5.72. The second-order valence-electron chi connectivity index (χ2n) is 4.08. The van der Waals surface area contributed by atoms with E-state index in [0.717, 1.165) is 6.61 Å². The van der Waals surface area contributed by atoms with E-state index in [4.69, 9.17) is 4.74 Å². The van der Waals surface area contributed by atoms with E-state index in [2.05, 4.69) is 26.1 Å². The van der Waals surface area contributed by atoms with Gasteiger partial charge in [-0.25, -0.2) is 0 Å². The van der Waals surface area contributed by atoms with Crippen molar-refractivity contribution in [2.45, 2.75) is 45.8 Å². The average molecular weight is 171 g/mol. The predicted octanol–water partition coefficient (Wildman–Crippen LogP) is 1.80. The van der Waals surface area contributed by atoms with Gasteiger partial charge in [0.25, 0.3) is 0 Å². The van der Waals surface area contributed by atoms with Crippen LogP contribution in [0, 0.1) is 5.92 Å². The van der Waals surface area contributed by atoms with Crippen LogP contribution in [-0.4, -0.2) is 25.3 Å². The van der Waals surface area contributed by atoms with E-state index in [1.54, 1.807) is 0 Å². The first-order valence-corrected chi connectivity index (χ1v) is 5.05. The molecule has 0 spiro atoms. The Labute approximate surface area is 75.7 Å². The van der Waals surface area contributed by atoms with E-state index in [1.165, 1.54) is 19.4 Å². The van der Waals surface area contributed by atoms with Gasteiger partial charge in [-0.3, -0.25) is 0 Å². The first kappa shape index (κ1) is 10.0. The lowest BCUT2D eigenvalue weighted by atomic mass is 10.1. The Morgan fingerprint density at radius 3 is 2.67 bits per heavy atom. The van der Waals surface area contributed by atoms with Crippen LogP contribution < -0.4 is 5.32 Å². The molecule has 0 aromatic carbocycles. The molecule has 12 heavy (non-hydrogen) atoms. The largest absolute Gasteiger partial charge is 0.377 e. The molecule has 1 aliphatic heterocycles. The summed E-state index contributed by atoms with van der Waals surface area (Å²) in [4.78, 5) is 0. The van der Waals surface area contributed by atoms with Crippen molar-refractivity contribution in [1.29, 1.82) is 0 Å². The Hall–Kier alpha value is -0.0800. The minimum atomic E-state index is 0.396. The lowest BCUT2D eigenvalue weighted by Gasteiger charge is -2.19. The summed E-state index contributed by atoms with van der Waals surface area (Å²) in [7, 11) is 0. The van der Waals surface area contributed by atoms with Crippen LogP contribution in [0.4, 0.5) is 0 Å². The van der Waals surface area contributed by atoms with Gasteiger partial charge in [0.15, 0.2) is 0 Å². The molecule has 1 aliphatic rings. The van der Waals surface area contributed by atoms with Crippen LogP contribution in [-0.2, 0) is 4.74 Å². The van der Waals surface area contributed by atoms with Crippen LogP contribution in [0.5, 0.6) is 0 Å². The van der Waals surface area contributed by atoms with Crippen molar-refractivity contribution >= 4 is 0 Å². The monoisotopic (exact) mass is 171 g/mol. The highest BCUT2D eigenvalue weighted by Gasteiger charge is 2.16. The molecule has 1 saturated heterocycles. The maximum Gasteiger partial charge on any atom is 0.0623 e. The normalized spacial score (nSPS) is 26.5. The van der Waals surface area contributed by atoms with Gasteiger partial charge >= 0.3 is 0 Å². The van der Waals surface area contributed by atoms with E-state index < -0.39 is 0 Å². The SMILES string of the molecule is CC(C)C(C)OC[C@@H]1CCCN1. The fourth-order valence-corrected chi connectivity index (χ4v) is 1.36. The Morgan fingerprint density at radius 2 is 2.17 bits per heavy atom. The molecular formula is C10H21NO. The van der Waals surface area contributed by atoms with Crippen molar-refractivity contribution < 1.29 is 4.74 Å². The van der Waals surface area contributed by atoms with E-state index in [0.29, 0.717) is 18.1 Å². The van der Waals surface area contributed by atoms with Crippen LogP contribution in [0.15, 0.2) is 0 Å². The second kappa shape index (κ2) is 4.83. The van der Waals surface area contributed by atoms with Gasteiger partial charge in [0.1, 0.15) is 0 Å². The minimum Gasteiger partial charge on any atom is -0.377 e. The fraction of sp³-hybridized carbons (Fsp3) is 1.00. The number of nitrogens with one attached hydrogen (secondary N) is 1. The molecule has 1 rings (SSSR count). The molecule has 0 saturated carbocycles. The third-order valence-electron chi connectivity index (χ3n) is 2.66. The topological polar surface area (TPSA) is 21.3 Å². The molecule has 0 aliphatic carbocycles. The third-order valence-corrected chi connectivity index (χ3v) is 2.66. The fourth-order valence-electron chi connectivity index (χ4n) is 1.36. The van der Waals surface area contributed by atoms with Crippen LogP contribution in [0.3, 0.4) is 0 Å². The van der Waals surface area contributed by atoms with Gasteiger partial charge in [-0.1, -0.05) is 13.8 Å². The molecule has 0 aromatic rings. The highest BCUT2D eigenvalue weighted by molar-refractivity contribution is 4.73. The van der Waals surface area contributed by atoms with E-state index in [-0.39, 0.29) is 0 Å². The summed E-state index contributed by atoms with van der Waals surface area (Å²) in [5.41, 5.74) is 0. The van der Waals surface area contributed by atoms with Crippen molar-refractivity contribution in [3.8, 4) is 0 Å². The van der Waals surface area contributed by atoms with Gasteiger partial charge in [-0.2, -0.15) is 0 Å². The summed E-state index contributed by atoms with van der Waals surface area (Å²) in [6.07, 6.45) is 2.99. The zero-order valence-electron chi connectivity index (χ0n) is 8.47. The highest BCUT2D eigenvalue weighted by atomic mass is 16.5. The quantitative estimate of drug-likeness (QED) is 0.696. The molecule has 2 heteroatoms. The standard InChI is InChI=1S/C10H21NO/c1-8(2)9(3)12-7-10-5-4-6-11-10/h8-11H,4-7H2,1-3H3/t9?,10-/m0/s1. The summed E-state index contributed by atoms with van der Waals surface area (Å²) < 4.78 is 5.72. The van der Waals surface area contributed by atoms with Gasteiger partial charge < -0.3 is 10.1 Å². The number of hydrogen-bond acceptors (Lipinski definition) is 2. The molecule has 72 valence electrons. The average Bonchev–Trinajstić information content (AvgIpc) is 2.51. The lowest BCUT2D eigenvalue weighted by Crippen LogP contribution is -2.30. The smallest absolute Gasteiger partial charge is 0.0623 e. The van der Waals surface area contributed by atoms with Crippen molar-refractivity contribution in [2.75, 3.05) is 13.2 Å². The van der Waals surface area contributed by atoms with E-state index >= 15 is 0 Å². The molecule has 0 aromatic heterocycles. The highest BCUT2D eigenvalue weighted by Crippen LogP contribution is 2.09. The van der Waals surface area contributed by atoms with Gasteiger partial charge in [-0.05, 0) is 32.2 Å². The number of rotatable bonds is 4. The van der Waals surface area contributed by atoms with Crippen LogP contribution in [0.25, 0.3) is 0 Å². The van der Waals surface area contributed by atoms with Crippen LogP contribution in [0.2, 0.25) is 0 Å². The first-order valence-electron chi connectivity index (χ1n) is 5.05.